The first-order valence-corrected chi connectivity index (χ1v) is 6.28. The van der Waals surface area contributed by atoms with E-state index >= 15 is 0 Å². The summed E-state index contributed by atoms with van der Waals surface area (Å²) in [6.45, 7) is 0.270. The summed E-state index contributed by atoms with van der Waals surface area (Å²) in [7, 11) is 0. The molecule has 1 aromatic rings. The number of benzene rings is 1. The molecular formula is C13H18F2N2O2. The molecule has 1 aliphatic heterocycles. The number of hydrogen-bond donors (Lipinski definition) is 1. The Morgan fingerprint density at radius 2 is 1.95 bits per heavy atom. The smallest absolute Gasteiger partial charge is 0.387 e. The Balaban J connectivity index is 2.21. The van der Waals surface area contributed by atoms with Crippen LogP contribution in [0.15, 0.2) is 24.3 Å². The molecule has 1 fully saturated rings. The highest BCUT2D eigenvalue weighted by molar-refractivity contribution is 5.36. The van der Waals surface area contributed by atoms with E-state index in [-0.39, 0.29) is 11.8 Å². The third-order valence-electron chi connectivity index (χ3n) is 3.20. The van der Waals surface area contributed by atoms with Crippen molar-refractivity contribution in [3.8, 4) is 5.75 Å². The number of rotatable bonds is 5. The van der Waals surface area contributed by atoms with Gasteiger partial charge in [-0.2, -0.15) is 8.78 Å². The number of para-hydroxylation sites is 1. The maximum absolute atomic E-state index is 12.4. The third kappa shape index (κ3) is 3.62. The molecule has 19 heavy (non-hydrogen) atoms. The van der Waals surface area contributed by atoms with Crippen LogP contribution in [0.25, 0.3) is 0 Å². The summed E-state index contributed by atoms with van der Waals surface area (Å²) in [6.07, 6.45) is 0. The van der Waals surface area contributed by atoms with Gasteiger partial charge < -0.3 is 15.2 Å². The SMILES string of the molecule is NCC(c1ccccc1OC(F)F)N1CCOCC1. The van der Waals surface area contributed by atoms with Crippen molar-refractivity contribution in [2.24, 2.45) is 5.73 Å². The number of alkyl halides is 2. The molecule has 2 N–H and O–H groups in total. The van der Waals surface area contributed by atoms with Crippen molar-refractivity contribution in [2.75, 3.05) is 32.8 Å². The zero-order valence-corrected chi connectivity index (χ0v) is 10.6. The summed E-state index contributed by atoms with van der Waals surface area (Å²) in [5, 5.41) is 0. The van der Waals surface area contributed by atoms with Crippen molar-refractivity contribution in [2.45, 2.75) is 12.7 Å². The second-order valence-corrected chi connectivity index (χ2v) is 4.32. The van der Waals surface area contributed by atoms with Crippen molar-refractivity contribution in [1.82, 2.24) is 4.90 Å². The topological polar surface area (TPSA) is 47.7 Å². The molecule has 0 bridgehead atoms. The van der Waals surface area contributed by atoms with Crippen molar-refractivity contribution in [3.63, 3.8) is 0 Å². The average molecular weight is 272 g/mol. The molecule has 1 aromatic carbocycles. The molecule has 4 nitrogen and oxygen atoms in total. The summed E-state index contributed by atoms with van der Waals surface area (Å²) in [5.41, 5.74) is 6.51. The van der Waals surface area contributed by atoms with Crippen LogP contribution < -0.4 is 10.5 Å². The predicted octanol–water partition coefficient (Wildman–Crippen LogP) is 1.62. The van der Waals surface area contributed by atoms with Gasteiger partial charge in [0.25, 0.3) is 0 Å². The van der Waals surface area contributed by atoms with E-state index in [4.69, 9.17) is 10.5 Å². The average Bonchev–Trinajstić information content (AvgIpc) is 2.42. The number of morpholine rings is 1. The normalized spacial score (nSPS) is 18.5. The summed E-state index contributed by atoms with van der Waals surface area (Å²) in [4.78, 5) is 2.14. The number of halogens is 2. The van der Waals surface area contributed by atoms with Gasteiger partial charge in [-0.05, 0) is 6.07 Å². The van der Waals surface area contributed by atoms with Gasteiger partial charge in [-0.3, -0.25) is 4.90 Å². The van der Waals surface area contributed by atoms with Gasteiger partial charge in [-0.25, -0.2) is 0 Å². The monoisotopic (exact) mass is 272 g/mol. The molecule has 6 heteroatoms. The van der Waals surface area contributed by atoms with Crippen LogP contribution in [0.1, 0.15) is 11.6 Å². The molecule has 0 aromatic heterocycles. The van der Waals surface area contributed by atoms with Gasteiger partial charge in [0, 0.05) is 25.2 Å². The number of nitrogens with zero attached hydrogens (tertiary/aromatic N) is 1. The minimum absolute atomic E-state index is 0.126. The molecular weight excluding hydrogens is 254 g/mol. The zero-order valence-electron chi connectivity index (χ0n) is 10.6. The first kappa shape index (κ1) is 14.2. The minimum Gasteiger partial charge on any atom is -0.434 e. The van der Waals surface area contributed by atoms with E-state index in [1.54, 1.807) is 24.3 Å². The van der Waals surface area contributed by atoms with E-state index in [1.165, 1.54) is 0 Å². The third-order valence-corrected chi connectivity index (χ3v) is 3.20. The van der Waals surface area contributed by atoms with Crippen molar-refractivity contribution in [1.29, 1.82) is 0 Å². The standard InChI is InChI=1S/C13H18F2N2O2/c14-13(15)19-12-4-2-1-3-10(12)11(9-16)17-5-7-18-8-6-17/h1-4,11,13H,5-9,16H2. The lowest BCUT2D eigenvalue weighted by Gasteiger charge is -2.34. The van der Waals surface area contributed by atoms with Gasteiger partial charge in [0.05, 0.1) is 19.3 Å². The Bertz CT molecular complexity index is 398. The molecule has 0 amide bonds. The highest BCUT2D eigenvalue weighted by Gasteiger charge is 2.24. The molecule has 1 atom stereocenters. The van der Waals surface area contributed by atoms with Crippen LogP contribution in [-0.4, -0.2) is 44.4 Å². The van der Waals surface area contributed by atoms with Crippen LogP contribution in [0.3, 0.4) is 0 Å². The Kier molecular flexibility index (Phi) is 5.07. The van der Waals surface area contributed by atoms with Crippen LogP contribution >= 0.6 is 0 Å². The maximum Gasteiger partial charge on any atom is 0.387 e. The first-order chi connectivity index (χ1) is 9.22. The molecule has 1 unspecified atom stereocenters. The summed E-state index contributed by atoms with van der Waals surface area (Å²) < 4.78 is 34.7. The van der Waals surface area contributed by atoms with Crippen molar-refractivity contribution < 1.29 is 18.3 Å². The highest BCUT2D eigenvalue weighted by Crippen LogP contribution is 2.30. The van der Waals surface area contributed by atoms with Gasteiger partial charge in [0.2, 0.25) is 0 Å². The van der Waals surface area contributed by atoms with E-state index in [2.05, 4.69) is 9.64 Å². The Morgan fingerprint density at radius 1 is 1.26 bits per heavy atom. The lowest BCUT2D eigenvalue weighted by Crippen LogP contribution is -2.42. The molecule has 0 spiro atoms. The van der Waals surface area contributed by atoms with Crippen LogP contribution in [0.5, 0.6) is 5.75 Å². The minimum atomic E-state index is -2.83. The van der Waals surface area contributed by atoms with E-state index in [0.29, 0.717) is 25.3 Å². The van der Waals surface area contributed by atoms with Gasteiger partial charge in [-0.1, -0.05) is 18.2 Å². The van der Waals surface area contributed by atoms with E-state index in [9.17, 15) is 8.78 Å². The van der Waals surface area contributed by atoms with Crippen molar-refractivity contribution >= 4 is 0 Å². The van der Waals surface area contributed by atoms with E-state index in [1.807, 2.05) is 0 Å². The maximum atomic E-state index is 12.4. The van der Waals surface area contributed by atoms with Gasteiger partial charge in [-0.15, -0.1) is 0 Å². The van der Waals surface area contributed by atoms with Crippen molar-refractivity contribution in [3.05, 3.63) is 29.8 Å². The van der Waals surface area contributed by atoms with Gasteiger partial charge in [0.1, 0.15) is 5.75 Å². The van der Waals surface area contributed by atoms with Crippen LogP contribution in [0, 0.1) is 0 Å². The summed E-state index contributed by atoms with van der Waals surface area (Å²) in [5.74, 6) is 0.194. The van der Waals surface area contributed by atoms with E-state index in [0.717, 1.165) is 13.1 Å². The molecule has 1 aliphatic rings. The Hall–Kier alpha value is -1.24. The molecule has 0 radical (unpaired) electrons. The molecule has 1 saturated heterocycles. The molecule has 0 saturated carbocycles. The fraction of sp³-hybridized carbons (Fsp3) is 0.538. The van der Waals surface area contributed by atoms with Gasteiger partial charge >= 0.3 is 6.61 Å². The van der Waals surface area contributed by atoms with Crippen LogP contribution in [-0.2, 0) is 4.74 Å². The first-order valence-electron chi connectivity index (χ1n) is 6.28. The molecule has 0 aliphatic carbocycles. The largest absolute Gasteiger partial charge is 0.434 e. The second kappa shape index (κ2) is 6.79. The Morgan fingerprint density at radius 3 is 2.58 bits per heavy atom. The lowest BCUT2D eigenvalue weighted by molar-refractivity contribution is -0.0518. The lowest BCUT2D eigenvalue weighted by atomic mass is 10.0. The number of hydrogen-bond acceptors (Lipinski definition) is 4. The van der Waals surface area contributed by atoms with Crippen LogP contribution in [0.2, 0.25) is 0 Å². The second-order valence-electron chi connectivity index (χ2n) is 4.32. The zero-order chi connectivity index (χ0) is 13.7. The van der Waals surface area contributed by atoms with Crippen LogP contribution in [0.4, 0.5) is 8.78 Å². The predicted molar refractivity (Wildman–Crippen MR) is 67.3 cm³/mol. The summed E-state index contributed by atoms with van der Waals surface area (Å²) in [6, 6.07) is 6.68. The van der Waals surface area contributed by atoms with Gasteiger partial charge in [0.15, 0.2) is 0 Å². The number of ether oxygens (including phenoxy) is 2. The molecule has 2 rings (SSSR count). The highest BCUT2D eigenvalue weighted by atomic mass is 19.3. The molecule has 106 valence electrons. The fourth-order valence-electron chi connectivity index (χ4n) is 2.32. The molecule has 1 heterocycles. The fourth-order valence-corrected chi connectivity index (χ4v) is 2.32. The van der Waals surface area contributed by atoms with E-state index < -0.39 is 6.61 Å². The Labute approximate surface area is 111 Å². The number of nitrogens with two attached hydrogens (primary N) is 1. The summed E-state index contributed by atoms with van der Waals surface area (Å²) >= 11 is 0. The quantitative estimate of drug-likeness (QED) is 0.885.